The van der Waals surface area contributed by atoms with E-state index in [9.17, 15) is 4.79 Å². The number of hydrogen-bond acceptors (Lipinski definition) is 3. The summed E-state index contributed by atoms with van der Waals surface area (Å²) in [7, 11) is 1.60. The minimum atomic E-state index is -0.145. The largest absolute Gasteiger partial charge is 0.497 e. The summed E-state index contributed by atoms with van der Waals surface area (Å²) in [5, 5.41) is 3.70. The van der Waals surface area contributed by atoms with Gasteiger partial charge in [0.1, 0.15) is 17.1 Å². The molecule has 1 N–H and O–H groups in total. The van der Waals surface area contributed by atoms with E-state index < -0.39 is 0 Å². The van der Waals surface area contributed by atoms with Crippen molar-refractivity contribution in [1.82, 2.24) is 5.32 Å². The number of hydrogen-bond donors (Lipinski definition) is 1. The fourth-order valence-electron chi connectivity index (χ4n) is 2.47. The van der Waals surface area contributed by atoms with Crippen molar-refractivity contribution in [3.8, 4) is 5.75 Å². The first-order chi connectivity index (χ1) is 10.7. The van der Waals surface area contributed by atoms with Gasteiger partial charge in [0, 0.05) is 11.9 Å². The molecule has 3 rings (SSSR count). The number of aryl methyl sites for hydroxylation is 1. The molecular formula is C18H17NO3. The highest BCUT2D eigenvalue weighted by atomic mass is 16.5. The van der Waals surface area contributed by atoms with E-state index >= 15 is 0 Å². The Morgan fingerprint density at radius 1 is 1.18 bits per heavy atom. The fourth-order valence-corrected chi connectivity index (χ4v) is 2.47. The highest BCUT2D eigenvalue weighted by Crippen LogP contribution is 2.29. The van der Waals surface area contributed by atoms with Crippen molar-refractivity contribution < 1.29 is 13.9 Å². The third-order valence-corrected chi connectivity index (χ3v) is 3.59. The van der Waals surface area contributed by atoms with E-state index in [-0.39, 0.29) is 5.91 Å². The summed E-state index contributed by atoms with van der Waals surface area (Å²) in [6.45, 7) is 2.28. The zero-order valence-electron chi connectivity index (χ0n) is 12.6. The number of carbonyl (C=O) groups excluding carboxylic acids is 1. The lowest BCUT2D eigenvalue weighted by Crippen LogP contribution is -2.23. The summed E-state index contributed by atoms with van der Waals surface area (Å²) in [4.78, 5) is 12.5. The van der Waals surface area contributed by atoms with Crippen LogP contribution in [0.25, 0.3) is 11.0 Å². The molecule has 4 nitrogen and oxygen atoms in total. The predicted molar refractivity (Wildman–Crippen MR) is 85.1 cm³/mol. The first-order valence-corrected chi connectivity index (χ1v) is 7.08. The summed E-state index contributed by atoms with van der Waals surface area (Å²) < 4.78 is 10.9. The van der Waals surface area contributed by atoms with Gasteiger partial charge in [0.05, 0.1) is 12.7 Å². The Kier molecular flexibility index (Phi) is 3.83. The van der Waals surface area contributed by atoms with Crippen LogP contribution in [0.5, 0.6) is 5.75 Å². The number of amides is 1. The minimum Gasteiger partial charge on any atom is -0.497 e. The molecule has 0 radical (unpaired) electrons. The van der Waals surface area contributed by atoms with Gasteiger partial charge < -0.3 is 14.5 Å². The average Bonchev–Trinajstić information content (AvgIpc) is 2.88. The molecular weight excluding hydrogens is 278 g/mol. The lowest BCUT2D eigenvalue weighted by atomic mass is 10.1. The summed E-state index contributed by atoms with van der Waals surface area (Å²) in [5.74, 6) is 1.16. The van der Waals surface area contributed by atoms with E-state index in [0.29, 0.717) is 29.2 Å². The maximum Gasteiger partial charge on any atom is 0.255 e. The van der Waals surface area contributed by atoms with E-state index in [2.05, 4.69) is 5.32 Å². The smallest absolute Gasteiger partial charge is 0.255 e. The van der Waals surface area contributed by atoms with Crippen LogP contribution in [-0.4, -0.2) is 13.0 Å². The topological polar surface area (TPSA) is 51.5 Å². The van der Waals surface area contributed by atoms with Crippen molar-refractivity contribution in [2.24, 2.45) is 0 Å². The second-order valence-corrected chi connectivity index (χ2v) is 5.06. The molecule has 0 spiro atoms. The van der Waals surface area contributed by atoms with Crippen LogP contribution in [0.15, 0.2) is 52.9 Å². The normalized spacial score (nSPS) is 10.6. The Morgan fingerprint density at radius 3 is 2.68 bits per heavy atom. The van der Waals surface area contributed by atoms with Crippen molar-refractivity contribution in [2.75, 3.05) is 7.11 Å². The highest BCUT2D eigenvalue weighted by Gasteiger charge is 2.18. The molecule has 1 aromatic heterocycles. The van der Waals surface area contributed by atoms with Crippen LogP contribution in [0.1, 0.15) is 21.7 Å². The molecule has 0 atom stereocenters. The summed E-state index contributed by atoms with van der Waals surface area (Å²) in [6, 6.07) is 15.3. The molecule has 3 aromatic rings. The number of carbonyl (C=O) groups is 1. The maximum atomic E-state index is 12.5. The van der Waals surface area contributed by atoms with Crippen molar-refractivity contribution in [1.29, 1.82) is 0 Å². The molecule has 0 aliphatic carbocycles. The molecule has 112 valence electrons. The molecule has 0 aliphatic heterocycles. The Morgan fingerprint density at radius 2 is 1.95 bits per heavy atom. The number of ether oxygens (including phenoxy) is 1. The number of rotatable bonds is 4. The minimum absolute atomic E-state index is 0.145. The maximum absolute atomic E-state index is 12.5. The molecule has 2 aromatic carbocycles. The molecule has 0 aliphatic rings. The zero-order chi connectivity index (χ0) is 15.5. The van der Waals surface area contributed by atoms with Gasteiger partial charge in [0.2, 0.25) is 0 Å². The zero-order valence-corrected chi connectivity index (χ0v) is 12.6. The van der Waals surface area contributed by atoms with Crippen molar-refractivity contribution >= 4 is 16.9 Å². The molecule has 0 fully saturated rings. The van der Waals surface area contributed by atoms with Gasteiger partial charge >= 0.3 is 0 Å². The molecule has 4 heteroatoms. The number of nitrogens with one attached hydrogen (secondary N) is 1. The van der Waals surface area contributed by atoms with Gasteiger partial charge in [0.15, 0.2) is 0 Å². The van der Waals surface area contributed by atoms with Gasteiger partial charge in [0.25, 0.3) is 5.91 Å². The Balaban J connectivity index is 1.88. The summed E-state index contributed by atoms with van der Waals surface area (Å²) in [6.07, 6.45) is 0. The standard InChI is InChI=1S/C18H17NO3/c1-12-17(15-10-14(21-2)8-9-16(15)22-12)18(20)19-11-13-6-4-3-5-7-13/h3-10H,11H2,1-2H3,(H,19,20). The van der Waals surface area contributed by atoms with Gasteiger partial charge in [-0.05, 0) is 30.7 Å². The van der Waals surface area contributed by atoms with Crippen molar-refractivity contribution in [3.63, 3.8) is 0 Å². The van der Waals surface area contributed by atoms with Gasteiger partial charge in [-0.2, -0.15) is 0 Å². The Hall–Kier alpha value is -2.75. The summed E-state index contributed by atoms with van der Waals surface area (Å²) >= 11 is 0. The highest BCUT2D eigenvalue weighted by molar-refractivity contribution is 6.07. The van der Waals surface area contributed by atoms with E-state index in [1.54, 1.807) is 14.0 Å². The van der Waals surface area contributed by atoms with Crippen molar-refractivity contribution in [3.05, 3.63) is 65.4 Å². The Labute approximate surface area is 128 Å². The predicted octanol–water partition coefficient (Wildman–Crippen LogP) is 3.68. The van der Waals surface area contributed by atoms with Crippen LogP contribution in [0, 0.1) is 6.92 Å². The molecule has 0 bridgehead atoms. The molecule has 0 saturated carbocycles. The van der Waals surface area contributed by atoms with Gasteiger partial charge in [-0.3, -0.25) is 4.79 Å². The molecule has 1 amide bonds. The van der Waals surface area contributed by atoms with E-state index in [4.69, 9.17) is 9.15 Å². The molecule has 0 unspecified atom stereocenters. The van der Waals surface area contributed by atoms with Gasteiger partial charge in [-0.25, -0.2) is 0 Å². The lowest BCUT2D eigenvalue weighted by Gasteiger charge is -2.05. The quantitative estimate of drug-likeness (QED) is 0.799. The van der Waals surface area contributed by atoms with Gasteiger partial charge in [-0.1, -0.05) is 30.3 Å². The van der Waals surface area contributed by atoms with E-state index in [1.165, 1.54) is 0 Å². The monoisotopic (exact) mass is 295 g/mol. The molecule has 0 saturated heterocycles. The van der Waals surface area contributed by atoms with Crippen LogP contribution in [0.4, 0.5) is 0 Å². The second-order valence-electron chi connectivity index (χ2n) is 5.06. The Bertz CT molecular complexity index is 806. The third-order valence-electron chi connectivity index (χ3n) is 3.59. The first kappa shape index (κ1) is 14.2. The van der Waals surface area contributed by atoms with E-state index in [0.717, 1.165) is 10.9 Å². The van der Waals surface area contributed by atoms with Crippen LogP contribution in [0.3, 0.4) is 0 Å². The fraction of sp³-hybridized carbons (Fsp3) is 0.167. The molecule has 1 heterocycles. The van der Waals surface area contributed by atoms with Gasteiger partial charge in [-0.15, -0.1) is 0 Å². The summed E-state index contributed by atoms with van der Waals surface area (Å²) in [5.41, 5.74) is 2.30. The SMILES string of the molecule is COc1ccc2oc(C)c(C(=O)NCc3ccccc3)c2c1. The molecule has 22 heavy (non-hydrogen) atoms. The lowest BCUT2D eigenvalue weighted by molar-refractivity contribution is 0.0951. The average molecular weight is 295 g/mol. The second kappa shape index (κ2) is 5.93. The van der Waals surface area contributed by atoms with Crippen LogP contribution >= 0.6 is 0 Å². The number of methoxy groups -OCH3 is 1. The number of furan rings is 1. The van der Waals surface area contributed by atoms with E-state index in [1.807, 2.05) is 48.5 Å². The van der Waals surface area contributed by atoms with Crippen LogP contribution in [0.2, 0.25) is 0 Å². The number of benzene rings is 2. The van der Waals surface area contributed by atoms with Crippen LogP contribution < -0.4 is 10.1 Å². The van der Waals surface area contributed by atoms with Crippen LogP contribution in [-0.2, 0) is 6.54 Å². The first-order valence-electron chi connectivity index (χ1n) is 7.08. The third kappa shape index (κ3) is 2.68. The number of fused-ring (bicyclic) bond motifs is 1. The van der Waals surface area contributed by atoms with Crippen molar-refractivity contribution in [2.45, 2.75) is 13.5 Å².